The van der Waals surface area contributed by atoms with Crippen molar-refractivity contribution in [2.24, 2.45) is 11.3 Å². The number of carboxylic acids is 1. The molecule has 2 aliphatic rings. The standard InChI is InChI=1S/C20H26ClNO3/c1-3-16(13-4-5-13)22-17(14-6-8-15(21)9-7-14)10-11-20(2,19(22)25)12-18(23)24/h6-9,13,16-17H,3-5,10-12H2,1-2H3,(H,23,24)/t16?,17?,20-/m1/s1. The average molecular weight is 364 g/mol. The minimum absolute atomic E-state index is 0.000139. The van der Waals surface area contributed by atoms with Crippen molar-refractivity contribution >= 4 is 23.5 Å². The molecule has 1 aliphatic carbocycles. The average Bonchev–Trinajstić information content (AvgIpc) is 3.38. The molecule has 25 heavy (non-hydrogen) atoms. The van der Waals surface area contributed by atoms with E-state index in [9.17, 15) is 14.7 Å². The summed E-state index contributed by atoms with van der Waals surface area (Å²) in [6.45, 7) is 3.94. The van der Waals surface area contributed by atoms with Crippen LogP contribution < -0.4 is 0 Å². The third-order valence-corrected chi connectivity index (χ3v) is 6.05. The Kier molecular flexibility index (Phi) is 5.10. The maximum atomic E-state index is 13.4. The van der Waals surface area contributed by atoms with Crippen LogP contribution in [0, 0.1) is 11.3 Å². The Morgan fingerprint density at radius 3 is 2.48 bits per heavy atom. The Hall–Kier alpha value is -1.55. The van der Waals surface area contributed by atoms with Gasteiger partial charge in [-0.25, -0.2) is 0 Å². The SMILES string of the molecule is CCC(C1CC1)N1C(=O)[C@@](C)(CC(=O)O)CCC1c1ccc(Cl)cc1. The van der Waals surface area contributed by atoms with Crippen molar-refractivity contribution in [3.05, 3.63) is 34.9 Å². The molecule has 1 N–H and O–H groups in total. The number of rotatable bonds is 6. The number of amides is 1. The number of aliphatic carboxylic acids is 1. The van der Waals surface area contributed by atoms with E-state index < -0.39 is 11.4 Å². The first kappa shape index (κ1) is 18.2. The number of likely N-dealkylation sites (tertiary alicyclic amines) is 1. The maximum Gasteiger partial charge on any atom is 0.304 e. The molecule has 2 fully saturated rings. The Bertz CT molecular complexity index is 655. The summed E-state index contributed by atoms with van der Waals surface area (Å²) in [5, 5.41) is 9.96. The van der Waals surface area contributed by atoms with Gasteiger partial charge in [-0.1, -0.05) is 37.6 Å². The summed E-state index contributed by atoms with van der Waals surface area (Å²) in [4.78, 5) is 26.7. The second kappa shape index (κ2) is 6.99. The number of carbonyl (C=O) groups excluding carboxylic acids is 1. The largest absolute Gasteiger partial charge is 0.481 e. The second-order valence-electron chi connectivity index (χ2n) is 7.76. The third kappa shape index (κ3) is 3.69. The second-order valence-corrected chi connectivity index (χ2v) is 8.20. The van der Waals surface area contributed by atoms with Gasteiger partial charge in [0, 0.05) is 11.1 Å². The molecule has 1 aliphatic heterocycles. The van der Waals surface area contributed by atoms with Crippen molar-refractivity contribution in [2.75, 3.05) is 0 Å². The van der Waals surface area contributed by atoms with E-state index in [1.807, 2.05) is 36.1 Å². The van der Waals surface area contributed by atoms with E-state index in [0.717, 1.165) is 31.2 Å². The van der Waals surface area contributed by atoms with Crippen molar-refractivity contribution in [1.29, 1.82) is 0 Å². The number of hydrogen-bond acceptors (Lipinski definition) is 2. The highest BCUT2D eigenvalue weighted by molar-refractivity contribution is 6.30. The highest BCUT2D eigenvalue weighted by Crippen LogP contribution is 2.48. The first-order valence-corrected chi connectivity index (χ1v) is 9.53. The van der Waals surface area contributed by atoms with Crippen molar-refractivity contribution in [3.63, 3.8) is 0 Å². The first-order valence-electron chi connectivity index (χ1n) is 9.15. The monoisotopic (exact) mass is 363 g/mol. The summed E-state index contributed by atoms with van der Waals surface area (Å²) in [7, 11) is 0. The van der Waals surface area contributed by atoms with Gasteiger partial charge in [-0.2, -0.15) is 0 Å². The van der Waals surface area contributed by atoms with Gasteiger partial charge in [-0.3, -0.25) is 9.59 Å². The molecule has 3 atom stereocenters. The predicted molar refractivity (Wildman–Crippen MR) is 97.4 cm³/mol. The van der Waals surface area contributed by atoms with E-state index in [2.05, 4.69) is 6.92 Å². The van der Waals surface area contributed by atoms with Gasteiger partial charge in [0.25, 0.3) is 0 Å². The molecule has 1 amide bonds. The summed E-state index contributed by atoms with van der Waals surface area (Å²) in [6, 6.07) is 7.92. The summed E-state index contributed by atoms with van der Waals surface area (Å²) >= 11 is 6.02. The van der Waals surface area contributed by atoms with E-state index in [0.29, 0.717) is 17.4 Å². The predicted octanol–water partition coefficient (Wildman–Crippen LogP) is 4.67. The van der Waals surface area contributed by atoms with Crippen LogP contribution in [0.1, 0.15) is 64.0 Å². The topological polar surface area (TPSA) is 57.6 Å². The Morgan fingerprint density at radius 1 is 1.32 bits per heavy atom. The number of benzene rings is 1. The Balaban J connectivity index is 1.96. The molecule has 3 rings (SSSR count). The summed E-state index contributed by atoms with van der Waals surface area (Å²) < 4.78 is 0. The lowest BCUT2D eigenvalue weighted by atomic mass is 9.74. The fourth-order valence-corrected chi connectivity index (χ4v) is 4.41. The zero-order chi connectivity index (χ0) is 18.2. The van der Waals surface area contributed by atoms with Gasteiger partial charge in [0.15, 0.2) is 0 Å². The number of nitrogens with zero attached hydrogens (tertiary/aromatic N) is 1. The molecular weight excluding hydrogens is 338 g/mol. The van der Waals surface area contributed by atoms with Crippen molar-refractivity contribution in [1.82, 2.24) is 4.90 Å². The minimum atomic E-state index is -0.903. The summed E-state index contributed by atoms with van der Waals surface area (Å²) in [5.41, 5.74) is 0.283. The lowest BCUT2D eigenvalue weighted by Crippen LogP contribution is -2.54. The van der Waals surface area contributed by atoms with Gasteiger partial charge in [0.1, 0.15) is 0 Å². The zero-order valence-corrected chi connectivity index (χ0v) is 15.6. The molecular formula is C20H26ClNO3. The van der Waals surface area contributed by atoms with E-state index in [1.54, 1.807) is 0 Å². The van der Waals surface area contributed by atoms with Gasteiger partial charge >= 0.3 is 5.97 Å². The molecule has 1 aromatic rings. The molecule has 0 radical (unpaired) electrons. The molecule has 1 aromatic carbocycles. The molecule has 2 unspecified atom stereocenters. The van der Waals surface area contributed by atoms with Crippen LogP contribution in [0.2, 0.25) is 5.02 Å². The molecule has 1 heterocycles. The van der Waals surface area contributed by atoms with Gasteiger partial charge < -0.3 is 10.0 Å². The van der Waals surface area contributed by atoms with Crippen LogP contribution in [0.4, 0.5) is 0 Å². The normalized spacial score (nSPS) is 28.0. The maximum absolute atomic E-state index is 13.4. The quantitative estimate of drug-likeness (QED) is 0.798. The third-order valence-electron chi connectivity index (χ3n) is 5.79. The van der Waals surface area contributed by atoms with Crippen LogP contribution in [-0.2, 0) is 9.59 Å². The molecule has 1 saturated heterocycles. The van der Waals surface area contributed by atoms with Crippen LogP contribution in [0.5, 0.6) is 0 Å². The van der Waals surface area contributed by atoms with Crippen LogP contribution in [-0.4, -0.2) is 27.9 Å². The van der Waals surface area contributed by atoms with Crippen LogP contribution >= 0.6 is 11.6 Å². The number of halogens is 1. The number of carboxylic acid groups (broad SMARTS) is 1. The number of carbonyl (C=O) groups is 2. The number of hydrogen-bond donors (Lipinski definition) is 1. The lowest BCUT2D eigenvalue weighted by Gasteiger charge is -2.48. The summed E-state index contributed by atoms with van der Waals surface area (Å²) in [5.74, 6) is -0.351. The van der Waals surface area contributed by atoms with Crippen molar-refractivity contribution < 1.29 is 14.7 Å². The summed E-state index contributed by atoms with van der Waals surface area (Å²) in [6.07, 6.45) is 4.51. The highest BCUT2D eigenvalue weighted by atomic mass is 35.5. The molecule has 5 heteroatoms. The van der Waals surface area contributed by atoms with Gasteiger partial charge in [0.2, 0.25) is 5.91 Å². The molecule has 136 valence electrons. The lowest BCUT2D eigenvalue weighted by molar-refractivity contribution is -0.159. The van der Waals surface area contributed by atoms with Crippen LogP contribution in [0.15, 0.2) is 24.3 Å². The van der Waals surface area contributed by atoms with Crippen LogP contribution in [0.25, 0.3) is 0 Å². The van der Waals surface area contributed by atoms with E-state index in [4.69, 9.17) is 11.6 Å². The molecule has 0 bridgehead atoms. The van der Waals surface area contributed by atoms with Gasteiger partial charge in [-0.15, -0.1) is 0 Å². The van der Waals surface area contributed by atoms with E-state index in [1.165, 1.54) is 0 Å². The van der Waals surface area contributed by atoms with Crippen molar-refractivity contribution in [2.45, 2.75) is 64.5 Å². The smallest absolute Gasteiger partial charge is 0.304 e. The number of piperidine rings is 1. The van der Waals surface area contributed by atoms with Crippen LogP contribution in [0.3, 0.4) is 0 Å². The van der Waals surface area contributed by atoms with E-state index in [-0.39, 0.29) is 24.4 Å². The Morgan fingerprint density at radius 2 is 1.96 bits per heavy atom. The molecule has 0 aromatic heterocycles. The fraction of sp³-hybridized carbons (Fsp3) is 0.600. The highest BCUT2D eigenvalue weighted by Gasteiger charge is 2.50. The van der Waals surface area contributed by atoms with Crippen molar-refractivity contribution in [3.8, 4) is 0 Å². The molecule has 0 spiro atoms. The Labute approximate surface area is 154 Å². The molecule has 4 nitrogen and oxygen atoms in total. The van der Waals surface area contributed by atoms with Gasteiger partial charge in [-0.05, 0) is 55.7 Å². The van der Waals surface area contributed by atoms with Gasteiger partial charge in [0.05, 0.1) is 17.9 Å². The molecule has 1 saturated carbocycles. The zero-order valence-electron chi connectivity index (χ0n) is 14.9. The van der Waals surface area contributed by atoms with E-state index >= 15 is 0 Å². The minimum Gasteiger partial charge on any atom is -0.481 e. The fourth-order valence-electron chi connectivity index (χ4n) is 4.28. The first-order chi connectivity index (χ1) is 11.9.